The number of cyclic esters (lactones) is 1. The maximum atomic E-state index is 13.4. The number of alkyl halides is 3. The van der Waals surface area contributed by atoms with E-state index in [1.807, 2.05) is 11.8 Å². The van der Waals surface area contributed by atoms with Crippen molar-refractivity contribution in [2.24, 2.45) is 11.8 Å². The summed E-state index contributed by atoms with van der Waals surface area (Å²) in [5.41, 5.74) is -0.344. The standard InChI is InChI=1S/C20H22F3N3O4S/c1-13-9-14(12-31(28,29)26-7-8-30-19(26)27)11-25(10-13)17-5-4-16(20(21,22)23)18-15(17)3-2-6-24-18/h2-6,13-14H,7-12H2,1H3/t13-,14+/m0/s1. The van der Waals surface area contributed by atoms with Crippen LogP contribution in [0.2, 0.25) is 0 Å². The lowest BCUT2D eigenvalue weighted by atomic mass is 9.91. The predicted molar refractivity (Wildman–Crippen MR) is 108 cm³/mol. The van der Waals surface area contributed by atoms with Crippen molar-refractivity contribution in [2.45, 2.75) is 19.5 Å². The average Bonchev–Trinajstić information content (AvgIpc) is 3.12. The second-order valence-corrected chi connectivity index (χ2v) is 10.0. The van der Waals surface area contributed by atoms with E-state index in [4.69, 9.17) is 4.74 Å². The molecule has 2 atom stereocenters. The van der Waals surface area contributed by atoms with Gasteiger partial charge in [0.05, 0.1) is 23.4 Å². The van der Waals surface area contributed by atoms with E-state index in [9.17, 15) is 26.4 Å². The minimum atomic E-state index is -4.53. The molecule has 0 unspecified atom stereocenters. The van der Waals surface area contributed by atoms with Gasteiger partial charge in [0.15, 0.2) is 0 Å². The maximum absolute atomic E-state index is 13.4. The Morgan fingerprint density at radius 1 is 1.23 bits per heavy atom. The number of aromatic nitrogens is 1. The number of carbonyl (C=O) groups excluding carboxylic acids is 1. The first-order valence-electron chi connectivity index (χ1n) is 9.93. The number of benzene rings is 1. The van der Waals surface area contributed by atoms with Gasteiger partial charge in [0, 0.05) is 30.4 Å². The van der Waals surface area contributed by atoms with Crippen LogP contribution in [0.3, 0.4) is 0 Å². The van der Waals surface area contributed by atoms with Crippen LogP contribution in [0.5, 0.6) is 0 Å². The fourth-order valence-electron chi connectivity index (χ4n) is 4.48. The lowest BCUT2D eigenvalue weighted by Gasteiger charge is -2.38. The van der Waals surface area contributed by atoms with E-state index in [0.29, 0.717) is 30.6 Å². The number of ether oxygens (including phenoxy) is 1. The van der Waals surface area contributed by atoms with Gasteiger partial charge in [-0.3, -0.25) is 4.98 Å². The van der Waals surface area contributed by atoms with Crippen molar-refractivity contribution in [3.8, 4) is 0 Å². The molecule has 2 fully saturated rings. The molecule has 0 N–H and O–H groups in total. The molecule has 7 nitrogen and oxygen atoms in total. The Kier molecular flexibility index (Phi) is 5.48. The Hall–Kier alpha value is -2.56. The maximum Gasteiger partial charge on any atom is 0.423 e. The normalized spacial score (nSPS) is 22.8. The second-order valence-electron chi connectivity index (χ2n) is 8.11. The zero-order valence-electron chi connectivity index (χ0n) is 16.8. The number of amides is 1. The van der Waals surface area contributed by atoms with Gasteiger partial charge in [0.1, 0.15) is 6.61 Å². The number of halogens is 3. The lowest BCUT2D eigenvalue weighted by molar-refractivity contribution is -0.136. The molecule has 0 radical (unpaired) electrons. The quantitative estimate of drug-likeness (QED) is 0.699. The van der Waals surface area contributed by atoms with Crippen molar-refractivity contribution in [1.82, 2.24) is 9.29 Å². The topological polar surface area (TPSA) is 79.8 Å². The summed E-state index contributed by atoms with van der Waals surface area (Å²) in [6.45, 7) is 2.94. The molecule has 3 heterocycles. The molecule has 31 heavy (non-hydrogen) atoms. The summed E-state index contributed by atoms with van der Waals surface area (Å²) < 4.78 is 71.2. The summed E-state index contributed by atoms with van der Waals surface area (Å²) in [5.74, 6) is -0.385. The van der Waals surface area contributed by atoms with Gasteiger partial charge in [-0.15, -0.1) is 0 Å². The molecule has 168 valence electrons. The van der Waals surface area contributed by atoms with E-state index in [0.717, 1.165) is 10.4 Å². The third-order valence-electron chi connectivity index (χ3n) is 5.64. The van der Waals surface area contributed by atoms with Gasteiger partial charge in [-0.25, -0.2) is 17.5 Å². The molecular formula is C20H22F3N3O4S. The summed E-state index contributed by atoms with van der Waals surface area (Å²) in [6.07, 6.45) is -3.43. The highest BCUT2D eigenvalue weighted by Crippen LogP contribution is 2.39. The number of anilines is 1. The fraction of sp³-hybridized carbons (Fsp3) is 0.500. The van der Waals surface area contributed by atoms with Crippen LogP contribution in [0.15, 0.2) is 30.5 Å². The molecule has 2 aliphatic rings. The van der Waals surface area contributed by atoms with Crippen molar-refractivity contribution in [3.05, 3.63) is 36.0 Å². The average molecular weight is 457 g/mol. The number of nitrogens with zero attached hydrogens (tertiary/aromatic N) is 3. The molecule has 0 spiro atoms. The number of piperidine rings is 1. The highest BCUT2D eigenvalue weighted by Gasteiger charge is 2.38. The van der Waals surface area contributed by atoms with Crippen molar-refractivity contribution in [1.29, 1.82) is 0 Å². The number of carbonyl (C=O) groups is 1. The third-order valence-corrected chi connectivity index (χ3v) is 7.54. The summed E-state index contributed by atoms with van der Waals surface area (Å²) in [5, 5.41) is 0.371. The number of fused-ring (bicyclic) bond motifs is 1. The number of hydrogen-bond acceptors (Lipinski definition) is 6. The lowest BCUT2D eigenvalue weighted by Crippen LogP contribution is -2.44. The highest BCUT2D eigenvalue weighted by molar-refractivity contribution is 7.89. The third kappa shape index (κ3) is 4.28. The van der Waals surface area contributed by atoms with Crippen LogP contribution in [0.25, 0.3) is 10.9 Å². The fourth-order valence-corrected chi connectivity index (χ4v) is 6.13. The first-order chi connectivity index (χ1) is 14.6. The van der Waals surface area contributed by atoms with Crippen molar-refractivity contribution >= 4 is 32.7 Å². The van der Waals surface area contributed by atoms with Crippen LogP contribution in [0.4, 0.5) is 23.7 Å². The number of sulfonamides is 1. The zero-order chi connectivity index (χ0) is 22.4. The van der Waals surface area contributed by atoms with Gasteiger partial charge in [0.2, 0.25) is 10.0 Å². The van der Waals surface area contributed by atoms with Crippen LogP contribution >= 0.6 is 0 Å². The van der Waals surface area contributed by atoms with Crippen LogP contribution in [0.1, 0.15) is 18.9 Å². The van der Waals surface area contributed by atoms with E-state index < -0.39 is 27.9 Å². The van der Waals surface area contributed by atoms with Crippen molar-refractivity contribution < 1.29 is 31.1 Å². The molecular weight excluding hydrogens is 435 g/mol. The van der Waals surface area contributed by atoms with Crippen molar-refractivity contribution in [3.63, 3.8) is 0 Å². The Morgan fingerprint density at radius 3 is 2.68 bits per heavy atom. The van der Waals surface area contributed by atoms with Crippen LogP contribution < -0.4 is 4.90 Å². The first-order valence-corrected chi connectivity index (χ1v) is 11.5. The number of hydrogen-bond donors (Lipinski definition) is 0. The van der Waals surface area contributed by atoms with Crippen LogP contribution in [-0.2, 0) is 20.9 Å². The molecule has 2 aromatic rings. The van der Waals surface area contributed by atoms with Gasteiger partial charge in [0.25, 0.3) is 0 Å². The molecule has 1 amide bonds. The minimum absolute atomic E-state index is 0.00235. The summed E-state index contributed by atoms with van der Waals surface area (Å²) in [7, 11) is -3.84. The molecule has 1 aromatic heterocycles. The van der Waals surface area contributed by atoms with Crippen molar-refractivity contribution in [2.75, 3.05) is 36.9 Å². The predicted octanol–water partition coefficient (Wildman–Crippen LogP) is 3.50. The Morgan fingerprint density at radius 2 is 2.00 bits per heavy atom. The molecule has 11 heteroatoms. The summed E-state index contributed by atoms with van der Waals surface area (Å²) >= 11 is 0. The minimum Gasteiger partial charge on any atom is -0.447 e. The second kappa shape index (κ2) is 7.85. The van der Waals surface area contributed by atoms with E-state index in [-0.39, 0.29) is 36.3 Å². The molecule has 1 aromatic carbocycles. The molecule has 0 saturated carbocycles. The monoisotopic (exact) mass is 457 g/mol. The van der Waals surface area contributed by atoms with Gasteiger partial charge in [-0.05, 0) is 42.5 Å². The van der Waals surface area contributed by atoms with Crippen LogP contribution in [0, 0.1) is 11.8 Å². The Labute approximate surface area is 177 Å². The summed E-state index contributed by atoms with van der Waals surface area (Å²) in [6, 6.07) is 5.63. The summed E-state index contributed by atoms with van der Waals surface area (Å²) in [4.78, 5) is 17.6. The zero-order valence-corrected chi connectivity index (χ0v) is 17.6. The molecule has 0 aliphatic carbocycles. The number of rotatable bonds is 4. The van der Waals surface area contributed by atoms with Gasteiger partial charge in [-0.1, -0.05) is 6.92 Å². The van der Waals surface area contributed by atoms with E-state index in [1.54, 1.807) is 12.1 Å². The van der Waals surface area contributed by atoms with E-state index >= 15 is 0 Å². The molecule has 0 bridgehead atoms. The number of pyridine rings is 1. The Bertz CT molecular complexity index is 1110. The van der Waals surface area contributed by atoms with E-state index in [1.165, 1.54) is 12.3 Å². The first kappa shape index (κ1) is 21.7. The molecule has 2 saturated heterocycles. The SMILES string of the molecule is C[C@H]1C[C@@H](CS(=O)(=O)N2CCOC2=O)CN(c2ccc(C(F)(F)F)c3ncccc23)C1. The largest absolute Gasteiger partial charge is 0.447 e. The highest BCUT2D eigenvalue weighted by atomic mass is 32.2. The molecule has 4 rings (SSSR count). The smallest absolute Gasteiger partial charge is 0.423 e. The molecule has 2 aliphatic heterocycles. The Balaban J connectivity index is 1.63. The van der Waals surface area contributed by atoms with Gasteiger partial charge >= 0.3 is 12.3 Å². The van der Waals surface area contributed by atoms with Gasteiger partial charge < -0.3 is 9.64 Å². The van der Waals surface area contributed by atoms with Crippen LogP contribution in [-0.4, -0.2) is 55.8 Å². The van der Waals surface area contributed by atoms with E-state index in [2.05, 4.69) is 4.98 Å². The van der Waals surface area contributed by atoms with Gasteiger partial charge in [-0.2, -0.15) is 13.2 Å².